The molecule has 0 aromatic heterocycles. The number of amides is 2. The highest BCUT2D eigenvalue weighted by atomic mass is 16.6. The first kappa shape index (κ1) is 12.4. The molecule has 0 unspecified atom stereocenters. The van der Waals surface area contributed by atoms with E-state index in [1.165, 1.54) is 12.1 Å². The number of carbonyl (C=O) groups is 2. The maximum atomic E-state index is 11.5. The number of hydrogen-bond donors (Lipinski definition) is 3. The highest BCUT2D eigenvalue weighted by molar-refractivity contribution is 6.01. The van der Waals surface area contributed by atoms with Crippen LogP contribution in [0.1, 0.15) is 10.4 Å². The SMILES string of the molecule is NC(=O)CNC(=O)c1cc([N+](=O)[O-])ccc1N. The zero-order chi connectivity index (χ0) is 13.0. The van der Waals surface area contributed by atoms with E-state index in [4.69, 9.17) is 11.5 Å². The van der Waals surface area contributed by atoms with Gasteiger partial charge >= 0.3 is 0 Å². The maximum absolute atomic E-state index is 11.5. The number of nitrogens with one attached hydrogen (secondary N) is 1. The molecule has 8 nitrogen and oxygen atoms in total. The van der Waals surface area contributed by atoms with Crippen molar-refractivity contribution in [3.05, 3.63) is 33.9 Å². The first-order valence-corrected chi connectivity index (χ1v) is 4.52. The Bertz CT molecular complexity index is 486. The van der Waals surface area contributed by atoms with Gasteiger partial charge in [-0.2, -0.15) is 0 Å². The standard InChI is InChI=1S/C9H10N4O4/c10-7-2-1-5(13(16)17)3-6(7)9(15)12-4-8(11)14/h1-3H,4,10H2,(H2,11,14)(H,12,15). The third-order valence-corrected chi connectivity index (χ3v) is 1.92. The number of nitrogen functional groups attached to an aromatic ring is 1. The number of nitro groups is 1. The average molecular weight is 238 g/mol. The second kappa shape index (κ2) is 4.92. The van der Waals surface area contributed by atoms with E-state index in [1.807, 2.05) is 0 Å². The summed E-state index contributed by atoms with van der Waals surface area (Å²) >= 11 is 0. The third-order valence-electron chi connectivity index (χ3n) is 1.92. The van der Waals surface area contributed by atoms with Crippen LogP contribution in [0.5, 0.6) is 0 Å². The third kappa shape index (κ3) is 3.16. The van der Waals surface area contributed by atoms with Gasteiger partial charge in [-0.05, 0) is 6.07 Å². The van der Waals surface area contributed by atoms with E-state index in [2.05, 4.69) is 5.32 Å². The van der Waals surface area contributed by atoms with Gasteiger partial charge in [-0.1, -0.05) is 0 Å². The molecule has 0 fully saturated rings. The number of rotatable bonds is 4. The predicted octanol–water partition coefficient (Wildman–Crippen LogP) is -0.608. The van der Waals surface area contributed by atoms with Crippen LogP contribution in [0.2, 0.25) is 0 Å². The molecule has 2 amide bonds. The lowest BCUT2D eigenvalue weighted by Gasteiger charge is -2.05. The molecule has 0 aliphatic carbocycles. The Labute approximate surface area is 95.7 Å². The molecule has 0 saturated carbocycles. The number of hydrogen-bond acceptors (Lipinski definition) is 5. The van der Waals surface area contributed by atoms with Gasteiger partial charge < -0.3 is 16.8 Å². The smallest absolute Gasteiger partial charge is 0.270 e. The van der Waals surface area contributed by atoms with Gasteiger partial charge in [0.15, 0.2) is 0 Å². The van der Waals surface area contributed by atoms with Gasteiger partial charge in [0.25, 0.3) is 11.6 Å². The molecule has 1 aromatic carbocycles. The van der Waals surface area contributed by atoms with E-state index in [9.17, 15) is 19.7 Å². The summed E-state index contributed by atoms with van der Waals surface area (Å²) in [7, 11) is 0. The van der Waals surface area contributed by atoms with E-state index in [0.717, 1.165) is 6.07 Å². The molecule has 0 aliphatic rings. The Morgan fingerprint density at radius 3 is 2.59 bits per heavy atom. The predicted molar refractivity (Wildman–Crippen MR) is 59.0 cm³/mol. The Kier molecular flexibility index (Phi) is 3.60. The van der Waals surface area contributed by atoms with Gasteiger partial charge in [0.2, 0.25) is 5.91 Å². The summed E-state index contributed by atoms with van der Waals surface area (Å²) in [6.07, 6.45) is 0. The minimum Gasteiger partial charge on any atom is -0.398 e. The van der Waals surface area contributed by atoms with Crippen molar-refractivity contribution < 1.29 is 14.5 Å². The van der Waals surface area contributed by atoms with Crippen molar-refractivity contribution in [2.75, 3.05) is 12.3 Å². The van der Waals surface area contributed by atoms with Crippen LogP contribution in [-0.2, 0) is 4.79 Å². The number of nitro benzene ring substituents is 1. The van der Waals surface area contributed by atoms with Crippen LogP contribution in [0, 0.1) is 10.1 Å². The van der Waals surface area contributed by atoms with Gasteiger partial charge in [0.1, 0.15) is 0 Å². The van der Waals surface area contributed by atoms with Crippen molar-refractivity contribution in [3.63, 3.8) is 0 Å². The summed E-state index contributed by atoms with van der Waals surface area (Å²) in [5.74, 6) is -1.41. The summed E-state index contributed by atoms with van der Waals surface area (Å²) in [4.78, 5) is 31.9. The minimum atomic E-state index is -0.720. The zero-order valence-electron chi connectivity index (χ0n) is 8.67. The topological polar surface area (TPSA) is 141 Å². The second-order valence-corrected chi connectivity index (χ2v) is 3.18. The number of carbonyl (C=O) groups excluding carboxylic acids is 2. The van der Waals surface area contributed by atoms with E-state index in [0.29, 0.717) is 0 Å². The fraction of sp³-hybridized carbons (Fsp3) is 0.111. The summed E-state index contributed by atoms with van der Waals surface area (Å²) in [6.45, 7) is -0.360. The Balaban J connectivity index is 2.95. The molecule has 0 saturated heterocycles. The Morgan fingerprint density at radius 1 is 1.41 bits per heavy atom. The second-order valence-electron chi connectivity index (χ2n) is 3.18. The molecule has 8 heteroatoms. The van der Waals surface area contributed by atoms with Crippen LogP contribution in [-0.4, -0.2) is 23.3 Å². The van der Waals surface area contributed by atoms with Gasteiger partial charge in [-0.3, -0.25) is 19.7 Å². The van der Waals surface area contributed by atoms with Gasteiger partial charge in [-0.25, -0.2) is 0 Å². The summed E-state index contributed by atoms with van der Waals surface area (Å²) in [6, 6.07) is 3.46. The van der Waals surface area contributed by atoms with E-state index in [-0.39, 0.29) is 23.5 Å². The molecule has 17 heavy (non-hydrogen) atoms. The van der Waals surface area contributed by atoms with Crippen LogP contribution in [0.15, 0.2) is 18.2 Å². The van der Waals surface area contributed by atoms with Crippen molar-refractivity contribution in [2.45, 2.75) is 0 Å². The lowest BCUT2D eigenvalue weighted by atomic mass is 10.1. The molecule has 0 atom stereocenters. The highest BCUT2D eigenvalue weighted by Gasteiger charge is 2.15. The van der Waals surface area contributed by atoms with E-state index in [1.54, 1.807) is 0 Å². The number of nitrogens with two attached hydrogens (primary N) is 2. The number of primary amides is 1. The van der Waals surface area contributed by atoms with Crippen LogP contribution < -0.4 is 16.8 Å². The molecule has 1 rings (SSSR count). The van der Waals surface area contributed by atoms with Crippen molar-refractivity contribution >= 4 is 23.2 Å². The normalized spacial score (nSPS) is 9.65. The molecule has 0 aliphatic heterocycles. The van der Waals surface area contributed by atoms with Crippen LogP contribution in [0.25, 0.3) is 0 Å². The largest absolute Gasteiger partial charge is 0.398 e. The molecule has 5 N–H and O–H groups in total. The molecule has 0 spiro atoms. The maximum Gasteiger partial charge on any atom is 0.270 e. The molecular formula is C9H10N4O4. The molecule has 0 bridgehead atoms. The number of nitrogens with zero attached hydrogens (tertiary/aromatic N) is 1. The molecule has 0 heterocycles. The highest BCUT2D eigenvalue weighted by Crippen LogP contribution is 2.19. The minimum absolute atomic E-state index is 0.0690. The Hall–Kier alpha value is -2.64. The lowest BCUT2D eigenvalue weighted by Crippen LogP contribution is -2.33. The monoisotopic (exact) mass is 238 g/mol. The van der Waals surface area contributed by atoms with Crippen LogP contribution in [0.4, 0.5) is 11.4 Å². The van der Waals surface area contributed by atoms with Gasteiger partial charge in [0.05, 0.1) is 17.0 Å². The first-order chi connectivity index (χ1) is 7.91. The van der Waals surface area contributed by atoms with E-state index < -0.39 is 16.7 Å². The lowest BCUT2D eigenvalue weighted by molar-refractivity contribution is -0.384. The number of non-ortho nitro benzene ring substituents is 1. The fourth-order valence-corrected chi connectivity index (χ4v) is 1.12. The Morgan fingerprint density at radius 2 is 2.06 bits per heavy atom. The van der Waals surface area contributed by atoms with Crippen LogP contribution in [0.3, 0.4) is 0 Å². The average Bonchev–Trinajstić information content (AvgIpc) is 2.26. The number of anilines is 1. The molecule has 1 aromatic rings. The summed E-state index contributed by atoms with van der Waals surface area (Å²) in [5.41, 5.74) is 10.1. The van der Waals surface area contributed by atoms with Crippen molar-refractivity contribution in [2.24, 2.45) is 5.73 Å². The van der Waals surface area contributed by atoms with Crippen molar-refractivity contribution in [1.82, 2.24) is 5.32 Å². The first-order valence-electron chi connectivity index (χ1n) is 4.52. The number of benzene rings is 1. The summed E-state index contributed by atoms with van der Waals surface area (Å²) < 4.78 is 0. The quantitative estimate of drug-likeness (QED) is 0.364. The molecule has 90 valence electrons. The van der Waals surface area contributed by atoms with E-state index >= 15 is 0 Å². The van der Waals surface area contributed by atoms with Gasteiger partial charge in [0, 0.05) is 17.8 Å². The van der Waals surface area contributed by atoms with Crippen molar-refractivity contribution in [1.29, 1.82) is 0 Å². The zero-order valence-corrected chi connectivity index (χ0v) is 8.67. The summed E-state index contributed by atoms with van der Waals surface area (Å²) in [5, 5.41) is 12.7. The molecular weight excluding hydrogens is 228 g/mol. The van der Waals surface area contributed by atoms with Gasteiger partial charge in [-0.15, -0.1) is 0 Å². The fourth-order valence-electron chi connectivity index (χ4n) is 1.12. The van der Waals surface area contributed by atoms with Crippen LogP contribution >= 0.6 is 0 Å². The molecule has 0 radical (unpaired) electrons. The van der Waals surface area contributed by atoms with Crippen molar-refractivity contribution in [3.8, 4) is 0 Å².